The van der Waals surface area contributed by atoms with Crippen LogP contribution in [0, 0.1) is 0 Å². The third-order valence-corrected chi connectivity index (χ3v) is 2.10. The minimum atomic E-state index is -4.75. The zero-order valence-electron chi connectivity index (χ0n) is 8.47. The SMILES string of the molecule is O=C(NCCS)c1c[nH]c(=O)cc1C(F)(F)F. The van der Waals surface area contributed by atoms with Crippen molar-refractivity contribution in [1.82, 2.24) is 10.3 Å². The smallest absolute Gasteiger partial charge is 0.351 e. The van der Waals surface area contributed by atoms with Crippen LogP contribution in [-0.4, -0.2) is 23.2 Å². The Balaban J connectivity index is 3.15. The first-order valence-electron chi connectivity index (χ1n) is 4.55. The Bertz CT molecular complexity index is 470. The molecule has 2 N–H and O–H groups in total. The van der Waals surface area contributed by atoms with E-state index in [1.54, 1.807) is 0 Å². The molecule has 94 valence electrons. The molecule has 17 heavy (non-hydrogen) atoms. The lowest BCUT2D eigenvalue weighted by Gasteiger charge is -2.11. The van der Waals surface area contributed by atoms with Crippen molar-refractivity contribution in [3.63, 3.8) is 0 Å². The van der Waals surface area contributed by atoms with Crippen LogP contribution in [0.25, 0.3) is 0 Å². The Labute approximate surface area is 99.6 Å². The largest absolute Gasteiger partial charge is 0.417 e. The molecule has 0 aliphatic rings. The predicted octanol–water partition coefficient (Wildman–Crippen LogP) is 1.05. The molecule has 8 heteroatoms. The Morgan fingerprint density at radius 3 is 2.65 bits per heavy atom. The van der Waals surface area contributed by atoms with E-state index in [1.165, 1.54) is 0 Å². The second kappa shape index (κ2) is 5.26. The average molecular weight is 266 g/mol. The quantitative estimate of drug-likeness (QED) is 0.716. The van der Waals surface area contributed by atoms with Crippen LogP contribution in [0.15, 0.2) is 17.1 Å². The van der Waals surface area contributed by atoms with Gasteiger partial charge in [0, 0.05) is 24.6 Å². The van der Waals surface area contributed by atoms with E-state index < -0.39 is 28.8 Å². The van der Waals surface area contributed by atoms with Crippen molar-refractivity contribution < 1.29 is 18.0 Å². The van der Waals surface area contributed by atoms with Crippen molar-refractivity contribution in [2.45, 2.75) is 6.18 Å². The third kappa shape index (κ3) is 3.52. The van der Waals surface area contributed by atoms with Crippen molar-refractivity contribution in [3.8, 4) is 0 Å². The zero-order chi connectivity index (χ0) is 13.1. The van der Waals surface area contributed by atoms with Gasteiger partial charge in [-0.25, -0.2) is 0 Å². The summed E-state index contributed by atoms with van der Waals surface area (Å²) in [6, 6.07) is 0.357. The highest BCUT2D eigenvalue weighted by atomic mass is 32.1. The van der Waals surface area contributed by atoms with E-state index in [2.05, 4.69) is 17.9 Å². The van der Waals surface area contributed by atoms with Crippen LogP contribution in [0.3, 0.4) is 0 Å². The Morgan fingerprint density at radius 2 is 2.12 bits per heavy atom. The fourth-order valence-corrected chi connectivity index (χ4v) is 1.27. The number of pyridine rings is 1. The van der Waals surface area contributed by atoms with Gasteiger partial charge in [0.25, 0.3) is 5.91 Å². The van der Waals surface area contributed by atoms with E-state index in [-0.39, 0.29) is 6.54 Å². The summed E-state index contributed by atoms with van der Waals surface area (Å²) in [5, 5.41) is 2.24. The number of thiol groups is 1. The van der Waals surface area contributed by atoms with Gasteiger partial charge in [-0.1, -0.05) is 0 Å². The summed E-state index contributed by atoms with van der Waals surface area (Å²) >= 11 is 3.81. The minimum absolute atomic E-state index is 0.137. The van der Waals surface area contributed by atoms with E-state index in [0.29, 0.717) is 11.8 Å². The van der Waals surface area contributed by atoms with Crippen LogP contribution in [0.4, 0.5) is 13.2 Å². The van der Waals surface area contributed by atoms with Crippen LogP contribution < -0.4 is 10.9 Å². The van der Waals surface area contributed by atoms with E-state index in [1.807, 2.05) is 4.98 Å². The number of carbonyl (C=O) groups excluding carboxylic acids is 1. The second-order valence-electron chi connectivity index (χ2n) is 3.10. The van der Waals surface area contributed by atoms with E-state index in [0.717, 1.165) is 6.20 Å². The third-order valence-electron chi connectivity index (χ3n) is 1.87. The predicted molar refractivity (Wildman–Crippen MR) is 58.3 cm³/mol. The van der Waals surface area contributed by atoms with Gasteiger partial charge >= 0.3 is 6.18 Å². The number of halogens is 3. The van der Waals surface area contributed by atoms with Crippen LogP contribution in [0.5, 0.6) is 0 Å². The summed E-state index contributed by atoms with van der Waals surface area (Å²) in [5.74, 6) is -0.598. The standard InChI is InChI=1S/C9H9F3N2O2S/c10-9(11,12)6-3-7(15)14-4-5(6)8(16)13-1-2-17/h3-4,17H,1-2H2,(H,13,16)(H,14,15). The molecule has 0 fully saturated rings. The van der Waals surface area contributed by atoms with Crippen LogP contribution in [-0.2, 0) is 6.18 Å². The van der Waals surface area contributed by atoms with Gasteiger partial charge in [-0.3, -0.25) is 9.59 Å². The van der Waals surface area contributed by atoms with Gasteiger partial charge in [0.2, 0.25) is 5.56 Å². The molecule has 0 aliphatic carbocycles. The molecule has 0 saturated carbocycles. The molecular formula is C9H9F3N2O2S. The number of amides is 1. The maximum absolute atomic E-state index is 12.6. The van der Waals surface area contributed by atoms with Crippen molar-refractivity contribution >= 4 is 18.5 Å². The fourth-order valence-electron chi connectivity index (χ4n) is 1.16. The molecule has 0 spiro atoms. The van der Waals surface area contributed by atoms with Crippen molar-refractivity contribution in [3.05, 3.63) is 33.7 Å². The second-order valence-corrected chi connectivity index (χ2v) is 3.55. The first-order chi connectivity index (χ1) is 7.86. The van der Waals surface area contributed by atoms with Gasteiger partial charge in [-0.05, 0) is 0 Å². The monoisotopic (exact) mass is 266 g/mol. The summed E-state index contributed by atoms with van der Waals surface area (Å²) in [5.41, 5.74) is -2.78. The lowest BCUT2D eigenvalue weighted by atomic mass is 10.1. The fraction of sp³-hybridized carbons (Fsp3) is 0.333. The number of hydrogen-bond donors (Lipinski definition) is 3. The summed E-state index contributed by atoms with van der Waals surface area (Å²) in [7, 11) is 0. The molecule has 0 aromatic carbocycles. The highest BCUT2D eigenvalue weighted by Gasteiger charge is 2.35. The van der Waals surface area contributed by atoms with Crippen molar-refractivity contribution in [1.29, 1.82) is 0 Å². The van der Waals surface area contributed by atoms with Crippen molar-refractivity contribution in [2.24, 2.45) is 0 Å². The molecular weight excluding hydrogens is 257 g/mol. The molecule has 1 aromatic heterocycles. The van der Waals surface area contributed by atoms with Gasteiger partial charge in [0.15, 0.2) is 0 Å². The number of rotatable bonds is 3. The Morgan fingerprint density at radius 1 is 1.47 bits per heavy atom. The summed E-state index contributed by atoms with van der Waals surface area (Å²) in [6.45, 7) is 0.137. The summed E-state index contributed by atoms with van der Waals surface area (Å²) in [6.07, 6.45) is -4.00. The van der Waals surface area contributed by atoms with E-state index >= 15 is 0 Å². The minimum Gasteiger partial charge on any atom is -0.351 e. The number of aromatic amines is 1. The molecule has 1 rings (SSSR count). The number of carbonyl (C=O) groups is 1. The van der Waals surface area contributed by atoms with E-state index in [9.17, 15) is 22.8 Å². The van der Waals surface area contributed by atoms with Crippen molar-refractivity contribution in [2.75, 3.05) is 12.3 Å². The maximum Gasteiger partial charge on any atom is 0.417 e. The lowest BCUT2D eigenvalue weighted by molar-refractivity contribution is -0.138. The molecule has 0 aliphatic heterocycles. The van der Waals surface area contributed by atoms with Gasteiger partial charge in [0.05, 0.1) is 11.1 Å². The van der Waals surface area contributed by atoms with Crippen LogP contribution in [0.1, 0.15) is 15.9 Å². The van der Waals surface area contributed by atoms with Gasteiger partial charge in [-0.15, -0.1) is 0 Å². The molecule has 0 bridgehead atoms. The number of H-pyrrole nitrogens is 1. The number of hydrogen-bond acceptors (Lipinski definition) is 3. The highest BCUT2D eigenvalue weighted by Crippen LogP contribution is 2.30. The molecule has 1 amide bonds. The summed E-state index contributed by atoms with van der Waals surface area (Å²) < 4.78 is 37.7. The summed E-state index contributed by atoms with van der Waals surface area (Å²) in [4.78, 5) is 24.3. The maximum atomic E-state index is 12.6. The Hall–Kier alpha value is -1.44. The van der Waals surface area contributed by atoms with Crippen LogP contribution in [0.2, 0.25) is 0 Å². The topological polar surface area (TPSA) is 62.0 Å². The highest BCUT2D eigenvalue weighted by molar-refractivity contribution is 7.80. The van der Waals surface area contributed by atoms with E-state index in [4.69, 9.17) is 0 Å². The molecule has 0 saturated heterocycles. The molecule has 4 nitrogen and oxygen atoms in total. The lowest BCUT2D eigenvalue weighted by Crippen LogP contribution is -2.29. The first-order valence-corrected chi connectivity index (χ1v) is 5.18. The molecule has 0 radical (unpaired) electrons. The van der Waals surface area contributed by atoms with Gasteiger partial charge < -0.3 is 10.3 Å². The zero-order valence-corrected chi connectivity index (χ0v) is 9.36. The van der Waals surface area contributed by atoms with Gasteiger partial charge in [0.1, 0.15) is 0 Å². The Kier molecular flexibility index (Phi) is 4.22. The normalized spacial score (nSPS) is 11.3. The average Bonchev–Trinajstić information content (AvgIpc) is 2.24. The number of nitrogens with one attached hydrogen (secondary N) is 2. The first kappa shape index (κ1) is 13.6. The van der Waals surface area contributed by atoms with Crippen LogP contribution >= 0.6 is 12.6 Å². The molecule has 1 heterocycles. The molecule has 1 aromatic rings. The van der Waals surface area contributed by atoms with Gasteiger partial charge in [-0.2, -0.15) is 25.8 Å². The molecule has 0 atom stereocenters. The number of alkyl halides is 3. The molecule has 0 unspecified atom stereocenters. The number of aromatic nitrogens is 1.